The predicted molar refractivity (Wildman–Crippen MR) is 85.5 cm³/mol. The second-order valence-corrected chi connectivity index (χ2v) is 4.49. The van der Waals surface area contributed by atoms with Crippen molar-refractivity contribution in [2.75, 3.05) is 18.5 Å². The lowest BCUT2D eigenvalue weighted by Crippen LogP contribution is -2.07. The fourth-order valence-electron chi connectivity index (χ4n) is 1.94. The van der Waals surface area contributed by atoms with Crippen LogP contribution in [-0.4, -0.2) is 34.1 Å². The zero-order chi connectivity index (χ0) is 17.5. The fraction of sp³-hybridized carbons (Fsp3) is 0.267. The Bertz CT molecular complexity index is 750. The molecule has 126 valence electrons. The van der Waals surface area contributed by atoms with Gasteiger partial charge in [0.25, 0.3) is 5.88 Å². The normalized spacial score (nSPS) is 10.1. The molecular weight excluding hydrogens is 316 g/mol. The number of benzene rings is 1. The Morgan fingerprint density at radius 3 is 2.75 bits per heavy atom. The third-order valence-corrected chi connectivity index (χ3v) is 2.89. The summed E-state index contributed by atoms with van der Waals surface area (Å²) in [5.74, 6) is -0.630. The zero-order valence-electron chi connectivity index (χ0n) is 13.2. The monoisotopic (exact) mass is 332 g/mol. The average molecular weight is 332 g/mol. The first-order valence-corrected chi connectivity index (χ1v) is 7.23. The maximum atomic E-state index is 11.8. The van der Waals surface area contributed by atoms with Gasteiger partial charge in [0.1, 0.15) is 6.33 Å². The number of ether oxygens (including phenoxy) is 2. The molecule has 1 N–H and O–H groups in total. The van der Waals surface area contributed by atoms with Crippen LogP contribution in [0.1, 0.15) is 24.2 Å². The molecule has 9 nitrogen and oxygen atoms in total. The number of anilines is 2. The minimum atomic E-state index is -0.622. The Hall–Kier alpha value is -3.23. The van der Waals surface area contributed by atoms with Crippen molar-refractivity contribution in [1.82, 2.24) is 9.97 Å². The van der Waals surface area contributed by atoms with Crippen molar-refractivity contribution in [1.29, 1.82) is 0 Å². The van der Waals surface area contributed by atoms with E-state index in [1.807, 2.05) is 0 Å². The Labute approximate surface area is 137 Å². The molecule has 2 rings (SSSR count). The number of hydrogen-bond acceptors (Lipinski definition) is 8. The minimum absolute atomic E-state index is 0.0283. The van der Waals surface area contributed by atoms with Crippen molar-refractivity contribution < 1.29 is 19.2 Å². The van der Waals surface area contributed by atoms with Crippen LogP contribution in [0.5, 0.6) is 5.88 Å². The molecule has 2 aromatic rings. The molecule has 1 aromatic heterocycles. The number of carbonyl (C=O) groups is 1. The van der Waals surface area contributed by atoms with Gasteiger partial charge >= 0.3 is 11.7 Å². The molecule has 0 atom stereocenters. The topological polar surface area (TPSA) is 116 Å². The van der Waals surface area contributed by atoms with E-state index >= 15 is 0 Å². The summed E-state index contributed by atoms with van der Waals surface area (Å²) in [7, 11) is 0. The van der Waals surface area contributed by atoms with Crippen LogP contribution in [0.25, 0.3) is 0 Å². The number of nitro groups is 1. The lowest BCUT2D eigenvalue weighted by molar-refractivity contribution is -0.385. The summed E-state index contributed by atoms with van der Waals surface area (Å²) >= 11 is 0. The van der Waals surface area contributed by atoms with E-state index in [0.717, 1.165) is 6.33 Å². The fourth-order valence-corrected chi connectivity index (χ4v) is 1.94. The maximum Gasteiger partial charge on any atom is 0.373 e. The Morgan fingerprint density at radius 2 is 2.08 bits per heavy atom. The van der Waals surface area contributed by atoms with Gasteiger partial charge in [-0.15, -0.1) is 0 Å². The molecule has 0 aliphatic carbocycles. The van der Waals surface area contributed by atoms with Gasteiger partial charge < -0.3 is 14.8 Å². The molecule has 0 radical (unpaired) electrons. The van der Waals surface area contributed by atoms with Crippen molar-refractivity contribution in [3.8, 4) is 5.88 Å². The quantitative estimate of drug-likeness (QED) is 0.467. The number of aromatic nitrogens is 2. The minimum Gasteiger partial charge on any atom is -0.473 e. The molecule has 24 heavy (non-hydrogen) atoms. The molecule has 9 heteroatoms. The van der Waals surface area contributed by atoms with Crippen molar-refractivity contribution in [2.45, 2.75) is 13.8 Å². The molecule has 1 aromatic carbocycles. The van der Waals surface area contributed by atoms with Crippen molar-refractivity contribution >= 4 is 23.2 Å². The number of nitrogens with zero attached hydrogens (tertiary/aromatic N) is 3. The Balaban J connectivity index is 2.34. The summed E-state index contributed by atoms with van der Waals surface area (Å²) in [6.07, 6.45) is 1.16. The first kappa shape index (κ1) is 17.1. The Morgan fingerprint density at radius 1 is 1.29 bits per heavy atom. The largest absolute Gasteiger partial charge is 0.473 e. The summed E-state index contributed by atoms with van der Waals surface area (Å²) in [6, 6.07) is 6.38. The van der Waals surface area contributed by atoms with E-state index in [-0.39, 0.29) is 30.6 Å². The van der Waals surface area contributed by atoms with Gasteiger partial charge in [0.05, 0.1) is 23.7 Å². The summed E-state index contributed by atoms with van der Waals surface area (Å²) in [6.45, 7) is 3.89. The van der Waals surface area contributed by atoms with Crippen LogP contribution < -0.4 is 10.1 Å². The standard InChI is InChI=1S/C15H16N4O5/c1-3-23-14-12(19(21)22)13(16-9-17-14)18-11-7-5-6-10(8-11)15(20)24-4-2/h5-9H,3-4H2,1-2H3,(H,16,17,18). The summed E-state index contributed by atoms with van der Waals surface area (Å²) in [4.78, 5) is 30.1. The van der Waals surface area contributed by atoms with Crippen molar-refractivity contribution in [3.63, 3.8) is 0 Å². The van der Waals surface area contributed by atoms with Gasteiger partial charge in [-0.2, -0.15) is 4.98 Å². The SMILES string of the molecule is CCOC(=O)c1cccc(Nc2ncnc(OCC)c2[N+](=O)[O-])c1. The molecule has 0 saturated heterocycles. The molecule has 0 fully saturated rings. The summed E-state index contributed by atoms with van der Waals surface area (Å²) in [5, 5.41) is 14.1. The lowest BCUT2D eigenvalue weighted by atomic mass is 10.2. The highest BCUT2D eigenvalue weighted by molar-refractivity contribution is 5.90. The zero-order valence-corrected chi connectivity index (χ0v) is 13.2. The molecule has 0 aliphatic heterocycles. The number of carbonyl (C=O) groups excluding carboxylic acids is 1. The van der Waals surface area contributed by atoms with Crippen LogP contribution in [0.15, 0.2) is 30.6 Å². The van der Waals surface area contributed by atoms with E-state index in [2.05, 4.69) is 15.3 Å². The van der Waals surface area contributed by atoms with E-state index in [1.165, 1.54) is 6.07 Å². The van der Waals surface area contributed by atoms with Gasteiger partial charge in [0, 0.05) is 5.69 Å². The van der Waals surface area contributed by atoms with Crippen LogP contribution in [-0.2, 0) is 4.74 Å². The molecule has 1 heterocycles. The molecule has 0 spiro atoms. The van der Waals surface area contributed by atoms with Gasteiger partial charge in [0.15, 0.2) is 0 Å². The maximum absolute atomic E-state index is 11.8. The summed E-state index contributed by atoms with van der Waals surface area (Å²) in [5.41, 5.74) is 0.397. The second kappa shape index (κ2) is 7.86. The molecule has 0 amide bonds. The van der Waals surface area contributed by atoms with Crippen LogP contribution in [0.3, 0.4) is 0 Å². The third-order valence-electron chi connectivity index (χ3n) is 2.89. The molecule has 0 bridgehead atoms. The van der Waals surface area contributed by atoms with Crippen LogP contribution in [0, 0.1) is 10.1 Å². The van der Waals surface area contributed by atoms with E-state index in [0.29, 0.717) is 11.3 Å². The number of rotatable bonds is 7. The van der Waals surface area contributed by atoms with Gasteiger partial charge in [-0.3, -0.25) is 10.1 Å². The van der Waals surface area contributed by atoms with Crippen molar-refractivity contribution in [3.05, 3.63) is 46.3 Å². The van der Waals surface area contributed by atoms with E-state index in [4.69, 9.17) is 9.47 Å². The van der Waals surface area contributed by atoms with Gasteiger partial charge in [-0.05, 0) is 32.0 Å². The molecular formula is C15H16N4O5. The van der Waals surface area contributed by atoms with Gasteiger partial charge in [-0.25, -0.2) is 9.78 Å². The van der Waals surface area contributed by atoms with Crippen LogP contribution in [0.2, 0.25) is 0 Å². The summed E-state index contributed by atoms with van der Waals surface area (Å²) < 4.78 is 10.1. The number of esters is 1. The highest BCUT2D eigenvalue weighted by Crippen LogP contribution is 2.32. The van der Waals surface area contributed by atoms with E-state index in [9.17, 15) is 14.9 Å². The highest BCUT2D eigenvalue weighted by atomic mass is 16.6. The Kier molecular flexibility index (Phi) is 5.61. The molecule has 0 saturated carbocycles. The smallest absolute Gasteiger partial charge is 0.373 e. The molecule has 0 aliphatic rings. The van der Waals surface area contributed by atoms with E-state index in [1.54, 1.807) is 32.0 Å². The second-order valence-electron chi connectivity index (χ2n) is 4.49. The highest BCUT2D eigenvalue weighted by Gasteiger charge is 2.24. The first-order chi connectivity index (χ1) is 11.6. The number of nitrogens with one attached hydrogen (secondary N) is 1. The van der Waals surface area contributed by atoms with Crippen LogP contribution in [0.4, 0.5) is 17.2 Å². The number of hydrogen-bond donors (Lipinski definition) is 1. The van der Waals surface area contributed by atoms with E-state index < -0.39 is 10.9 Å². The van der Waals surface area contributed by atoms with Gasteiger partial charge in [0.2, 0.25) is 5.82 Å². The first-order valence-electron chi connectivity index (χ1n) is 7.23. The molecule has 0 unspecified atom stereocenters. The predicted octanol–water partition coefficient (Wildman–Crippen LogP) is 2.70. The lowest BCUT2D eigenvalue weighted by Gasteiger charge is -2.09. The van der Waals surface area contributed by atoms with Crippen molar-refractivity contribution in [2.24, 2.45) is 0 Å². The average Bonchev–Trinajstić information content (AvgIpc) is 2.55. The van der Waals surface area contributed by atoms with Gasteiger partial charge in [-0.1, -0.05) is 6.07 Å². The van der Waals surface area contributed by atoms with Crippen LogP contribution >= 0.6 is 0 Å². The third kappa shape index (κ3) is 3.94.